The fourth-order valence-electron chi connectivity index (χ4n) is 3.74. The summed E-state index contributed by atoms with van der Waals surface area (Å²) in [6.45, 7) is 6.95. The minimum atomic E-state index is -0.612. The standard InChI is InChI=1S/C17H18Cl2O4/c1-7-10-5-6-17(4)11(14(10)23-16(7)21)8(2)13(22-9(3)20)12(18)15(17)19/h12,15H,5-6H2,1-4H3/t12-,15-,17-/m1/s1. The highest BCUT2D eigenvalue weighted by molar-refractivity contribution is 6.32. The van der Waals surface area contributed by atoms with Crippen LogP contribution < -0.4 is 0 Å². The molecule has 1 heterocycles. The smallest absolute Gasteiger partial charge is 0.339 e. The van der Waals surface area contributed by atoms with Crippen LogP contribution in [0.15, 0.2) is 33.8 Å². The van der Waals surface area contributed by atoms with Gasteiger partial charge in [0, 0.05) is 29.1 Å². The molecular formula is C17H18Cl2O4. The second kappa shape index (κ2) is 5.38. The summed E-state index contributed by atoms with van der Waals surface area (Å²) in [5.41, 5.74) is 2.67. The molecular weight excluding hydrogens is 339 g/mol. The third-order valence-electron chi connectivity index (χ3n) is 5.03. The molecule has 0 fully saturated rings. The Morgan fingerprint density at radius 3 is 2.57 bits per heavy atom. The Bertz CT molecular complexity index is 716. The zero-order valence-corrected chi connectivity index (χ0v) is 15.0. The molecule has 4 nitrogen and oxygen atoms in total. The van der Waals surface area contributed by atoms with Gasteiger partial charge in [0.05, 0.1) is 5.38 Å². The first-order chi connectivity index (χ1) is 10.7. The van der Waals surface area contributed by atoms with Crippen LogP contribution in [0.2, 0.25) is 0 Å². The van der Waals surface area contributed by atoms with Gasteiger partial charge < -0.3 is 9.47 Å². The summed E-state index contributed by atoms with van der Waals surface area (Å²) in [6.07, 6.45) is 1.48. The van der Waals surface area contributed by atoms with Crippen molar-refractivity contribution in [2.24, 2.45) is 5.41 Å². The van der Waals surface area contributed by atoms with Gasteiger partial charge in [-0.15, -0.1) is 23.2 Å². The van der Waals surface area contributed by atoms with Crippen LogP contribution in [0.3, 0.4) is 0 Å². The molecule has 0 aromatic heterocycles. The highest BCUT2D eigenvalue weighted by Crippen LogP contribution is 2.57. The number of hydrogen-bond acceptors (Lipinski definition) is 4. The second-order valence-electron chi connectivity index (χ2n) is 6.50. The summed E-state index contributed by atoms with van der Waals surface area (Å²) in [7, 11) is 0. The van der Waals surface area contributed by atoms with Crippen LogP contribution in [-0.4, -0.2) is 22.7 Å². The summed E-state index contributed by atoms with van der Waals surface area (Å²) >= 11 is 13.1. The molecule has 124 valence electrons. The van der Waals surface area contributed by atoms with Crippen molar-refractivity contribution in [3.63, 3.8) is 0 Å². The molecule has 0 spiro atoms. The first-order valence-electron chi connectivity index (χ1n) is 7.53. The molecule has 0 aromatic rings. The van der Waals surface area contributed by atoms with Crippen molar-refractivity contribution in [3.05, 3.63) is 33.8 Å². The largest absolute Gasteiger partial charge is 0.429 e. The van der Waals surface area contributed by atoms with Crippen LogP contribution >= 0.6 is 23.2 Å². The molecule has 3 aliphatic rings. The van der Waals surface area contributed by atoms with E-state index in [4.69, 9.17) is 32.7 Å². The molecule has 0 bridgehead atoms. The molecule has 0 N–H and O–H groups in total. The van der Waals surface area contributed by atoms with E-state index in [1.165, 1.54) is 6.92 Å². The van der Waals surface area contributed by atoms with Crippen LogP contribution in [0.25, 0.3) is 0 Å². The van der Waals surface area contributed by atoms with E-state index in [2.05, 4.69) is 0 Å². The van der Waals surface area contributed by atoms with Crippen LogP contribution in [-0.2, 0) is 19.1 Å². The lowest BCUT2D eigenvalue weighted by atomic mass is 9.63. The Labute approximate surface area is 145 Å². The van der Waals surface area contributed by atoms with Crippen molar-refractivity contribution in [2.45, 2.75) is 51.3 Å². The van der Waals surface area contributed by atoms with Gasteiger partial charge in [-0.25, -0.2) is 4.79 Å². The average Bonchev–Trinajstić information content (AvgIpc) is 2.76. The van der Waals surface area contributed by atoms with Gasteiger partial charge in [0.1, 0.15) is 16.9 Å². The lowest BCUT2D eigenvalue weighted by Gasteiger charge is -2.46. The molecule has 0 saturated carbocycles. The fraction of sp³-hybridized carbons (Fsp3) is 0.529. The van der Waals surface area contributed by atoms with Crippen LogP contribution in [0.5, 0.6) is 0 Å². The number of esters is 2. The number of halogens is 2. The Morgan fingerprint density at radius 1 is 1.30 bits per heavy atom. The minimum Gasteiger partial charge on any atom is -0.429 e. The third-order valence-corrected chi connectivity index (χ3v) is 6.35. The Hall–Kier alpha value is -1.26. The lowest BCUT2D eigenvalue weighted by Crippen LogP contribution is -2.45. The van der Waals surface area contributed by atoms with Crippen molar-refractivity contribution < 1.29 is 19.1 Å². The number of alkyl halides is 2. The predicted octanol–water partition coefficient (Wildman–Crippen LogP) is 3.98. The molecule has 0 radical (unpaired) electrons. The maximum atomic E-state index is 12.0. The van der Waals surface area contributed by atoms with Gasteiger partial charge in [-0.3, -0.25) is 4.79 Å². The second-order valence-corrected chi connectivity index (χ2v) is 7.44. The summed E-state index contributed by atoms with van der Waals surface area (Å²) < 4.78 is 10.8. The van der Waals surface area contributed by atoms with Crippen LogP contribution in [0.4, 0.5) is 0 Å². The van der Waals surface area contributed by atoms with Crippen molar-refractivity contribution >= 4 is 35.1 Å². The lowest BCUT2D eigenvalue weighted by molar-refractivity contribution is -0.137. The van der Waals surface area contributed by atoms with Gasteiger partial charge >= 0.3 is 11.9 Å². The number of fused-ring (bicyclic) bond motifs is 2. The van der Waals surface area contributed by atoms with Gasteiger partial charge in [-0.2, -0.15) is 0 Å². The van der Waals surface area contributed by atoms with Crippen LogP contribution in [0, 0.1) is 5.41 Å². The van der Waals surface area contributed by atoms with Crippen molar-refractivity contribution in [1.82, 2.24) is 0 Å². The van der Waals surface area contributed by atoms with Gasteiger partial charge in [0.15, 0.2) is 0 Å². The van der Waals surface area contributed by atoms with Crippen molar-refractivity contribution in [3.8, 4) is 0 Å². The number of hydrogen-bond donors (Lipinski definition) is 0. The van der Waals surface area contributed by atoms with E-state index in [-0.39, 0.29) is 5.97 Å². The van der Waals surface area contributed by atoms with Gasteiger partial charge in [-0.1, -0.05) is 6.92 Å². The molecule has 23 heavy (non-hydrogen) atoms. The van der Waals surface area contributed by atoms with Crippen molar-refractivity contribution in [2.75, 3.05) is 0 Å². The van der Waals surface area contributed by atoms with E-state index < -0.39 is 22.1 Å². The van der Waals surface area contributed by atoms with E-state index in [0.717, 1.165) is 29.6 Å². The molecule has 0 aromatic carbocycles. The SMILES string of the molecule is CC(=O)OC1=C(C)C2=C3OC(=O)C(C)=C3CC[C@@]2(C)[C@H](Cl)[C@@H]1Cl. The summed E-state index contributed by atoms with van der Waals surface area (Å²) in [5, 5.41) is -1.08. The number of carbonyl (C=O) groups excluding carboxylic acids is 2. The quantitative estimate of drug-likeness (QED) is 0.526. The highest BCUT2D eigenvalue weighted by Gasteiger charge is 2.53. The zero-order chi connectivity index (χ0) is 17.1. The Morgan fingerprint density at radius 2 is 1.96 bits per heavy atom. The fourth-order valence-corrected chi connectivity index (χ4v) is 4.56. The Kier molecular flexibility index (Phi) is 3.88. The molecule has 0 amide bonds. The molecule has 3 rings (SSSR count). The Balaban J connectivity index is 2.27. The minimum absolute atomic E-state index is 0.326. The highest BCUT2D eigenvalue weighted by atomic mass is 35.5. The van der Waals surface area contributed by atoms with Gasteiger partial charge in [0.25, 0.3) is 0 Å². The number of rotatable bonds is 1. The molecule has 0 unspecified atom stereocenters. The predicted molar refractivity (Wildman–Crippen MR) is 86.9 cm³/mol. The monoisotopic (exact) mass is 356 g/mol. The first-order valence-corrected chi connectivity index (χ1v) is 8.40. The van der Waals surface area contributed by atoms with E-state index in [0.29, 0.717) is 17.1 Å². The van der Waals surface area contributed by atoms with Gasteiger partial charge in [-0.05, 0) is 32.3 Å². The zero-order valence-electron chi connectivity index (χ0n) is 13.5. The van der Waals surface area contributed by atoms with Crippen LogP contribution in [0.1, 0.15) is 40.5 Å². The molecule has 2 aliphatic carbocycles. The van der Waals surface area contributed by atoms with E-state index in [1.807, 2.05) is 13.8 Å². The first kappa shape index (κ1) is 16.6. The van der Waals surface area contributed by atoms with Gasteiger partial charge in [0.2, 0.25) is 0 Å². The molecule has 0 saturated heterocycles. The summed E-state index contributed by atoms with van der Waals surface area (Å²) in [6, 6.07) is 0. The summed E-state index contributed by atoms with van der Waals surface area (Å²) in [4.78, 5) is 23.4. The number of allylic oxidation sites excluding steroid dienone is 4. The average molecular weight is 357 g/mol. The van der Waals surface area contributed by atoms with E-state index in [9.17, 15) is 9.59 Å². The number of carbonyl (C=O) groups is 2. The maximum absolute atomic E-state index is 12.0. The molecule has 1 aliphatic heterocycles. The third kappa shape index (κ3) is 2.26. The van der Waals surface area contributed by atoms with Crippen molar-refractivity contribution in [1.29, 1.82) is 0 Å². The maximum Gasteiger partial charge on any atom is 0.339 e. The number of ether oxygens (including phenoxy) is 2. The molecule has 3 atom stereocenters. The van der Waals surface area contributed by atoms with E-state index >= 15 is 0 Å². The molecule has 6 heteroatoms. The normalized spacial score (nSPS) is 33.6. The van der Waals surface area contributed by atoms with E-state index in [1.54, 1.807) is 6.92 Å². The topological polar surface area (TPSA) is 52.6 Å². The summed E-state index contributed by atoms with van der Waals surface area (Å²) in [5.74, 6) is 0.139.